The van der Waals surface area contributed by atoms with Crippen LogP contribution in [0.2, 0.25) is 0 Å². The minimum Gasteiger partial charge on any atom is -0.271 e. The van der Waals surface area contributed by atoms with E-state index < -0.39 is 15.9 Å². The molecule has 6 nitrogen and oxygen atoms in total. The maximum Gasteiger partial charge on any atom is 0.260 e. The predicted molar refractivity (Wildman–Crippen MR) is 103 cm³/mol. The number of hydrogen-bond donors (Lipinski definition) is 1. The second-order valence-corrected chi connectivity index (χ2v) is 8.32. The Hall–Kier alpha value is -2.19. The lowest BCUT2D eigenvalue weighted by Gasteiger charge is -2.23. The number of nitrogens with one attached hydrogen (secondary N) is 1. The molecule has 0 radical (unpaired) electrons. The van der Waals surface area contributed by atoms with Gasteiger partial charge < -0.3 is 0 Å². The van der Waals surface area contributed by atoms with Crippen LogP contribution in [-0.2, 0) is 21.2 Å². The molecule has 0 unspecified atom stereocenters. The Balaban J connectivity index is 2.18. The Morgan fingerprint density at radius 3 is 2.56 bits per heavy atom. The molecule has 0 saturated carbocycles. The molecule has 1 amide bonds. The van der Waals surface area contributed by atoms with Crippen molar-refractivity contribution in [2.75, 3.05) is 17.1 Å². The molecule has 0 aliphatic carbocycles. The summed E-state index contributed by atoms with van der Waals surface area (Å²) in [6.45, 7) is 3.40. The van der Waals surface area contributed by atoms with E-state index in [0.29, 0.717) is 17.8 Å². The SMILES string of the molecule is CCc1ccccc1N(CC(=O)N/N=C(/C)c1cccs1)S(C)(=O)=O. The second-order valence-electron chi connectivity index (χ2n) is 5.46. The molecule has 0 aliphatic rings. The van der Waals surface area contributed by atoms with E-state index in [2.05, 4.69) is 10.5 Å². The summed E-state index contributed by atoms with van der Waals surface area (Å²) in [5.74, 6) is -0.493. The van der Waals surface area contributed by atoms with Crippen LogP contribution in [0.25, 0.3) is 0 Å². The van der Waals surface area contributed by atoms with Gasteiger partial charge in [0.05, 0.1) is 17.7 Å². The van der Waals surface area contributed by atoms with Crippen LogP contribution in [0.15, 0.2) is 46.9 Å². The Labute approximate surface area is 152 Å². The van der Waals surface area contributed by atoms with Gasteiger partial charge in [0.15, 0.2) is 0 Å². The fourth-order valence-electron chi connectivity index (χ4n) is 2.29. The zero-order chi connectivity index (χ0) is 18.4. The lowest BCUT2D eigenvalue weighted by Crippen LogP contribution is -2.39. The largest absolute Gasteiger partial charge is 0.271 e. The van der Waals surface area contributed by atoms with E-state index in [0.717, 1.165) is 21.0 Å². The first-order chi connectivity index (χ1) is 11.8. The van der Waals surface area contributed by atoms with Crippen molar-refractivity contribution < 1.29 is 13.2 Å². The number of carbonyl (C=O) groups excluding carboxylic acids is 1. The van der Waals surface area contributed by atoms with Crippen LogP contribution < -0.4 is 9.73 Å². The molecule has 0 aliphatic heterocycles. The van der Waals surface area contributed by atoms with E-state index in [9.17, 15) is 13.2 Å². The summed E-state index contributed by atoms with van der Waals surface area (Å²) in [5.41, 5.74) is 4.48. The maximum absolute atomic E-state index is 12.2. The number of rotatable bonds is 7. The number of hydrazone groups is 1. The molecular weight excluding hydrogens is 358 g/mol. The molecule has 1 N–H and O–H groups in total. The first-order valence-corrected chi connectivity index (χ1v) is 10.5. The summed E-state index contributed by atoms with van der Waals surface area (Å²) >= 11 is 1.51. The number of hydrogen-bond acceptors (Lipinski definition) is 5. The van der Waals surface area contributed by atoms with Crippen molar-refractivity contribution in [1.82, 2.24) is 5.43 Å². The topological polar surface area (TPSA) is 78.8 Å². The van der Waals surface area contributed by atoms with Crippen LogP contribution in [0.1, 0.15) is 24.3 Å². The summed E-state index contributed by atoms with van der Waals surface area (Å²) in [6, 6.07) is 10.9. The van der Waals surface area contributed by atoms with Crippen LogP contribution in [-0.4, -0.2) is 32.8 Å². The zero-order valence-corrected chi connectivity index (χ0v) is 16.0. The first kappa shape index (κ1) is 19.1. The number of anilines is 1. The average molecular weight is 380 g/mol. The third kappa shape index (κ3) is 5.14. The van der Waals surface area contributed by atoms with E-state index in [1.165, 1.54) is 11.3 Å². The highest BCUT2D eigenvalue weighted by Crippen LogP contribution is 2.23. The highest BCUT2D eigenvalue weighted by atomic mass is 32.2. The summed E-state index contributed by atoms with van der Waals surface area (Å²) in [5, 5.41) is 5.96. The van der Waals surface area contributed by atoms with Crippen molar-refractivity contribution in [2.24, 2.45) is 5.10 Å². The number of thiophene rings is 1. The van der Waals surface area contributed by atoms with Crippen molar-refractivity contribution in [2.45, 2.75) is 20.3 Å². The van der Waals surface area contributed by atoms with Crippen LogP contribution in [0.5, 0.6) is 0 Å². The fraction of sp³-hybridized carbons (Fsp3) is 0.294. The number of aryl methyl sites for hydroxylation is 1. The van der Waals surface area contributed by atoms with Crippen LogP contribution in [0.3, 0.4) is 0 Å². The number of benzene rings is 1. The summed E-state index contributed by atoms with van der Waals surface area (Å²) in [7, 11) is -3.60. The minimum absolute atomic E-state index is 0.322. The maximum atomic E-state index is 12.2. The molecule has 2 rings (SSSR count). The van der Waals surface area contributed by atoms with E-state index in [4.69, 9.17) is 0 Å². The number of sulfonamides is 1. The van der Waals surface area contributed by atoms with Gasteiger partial charge in [0.1, 0.15) is 6.54 Å². The van der Waals surface area contributed by atoms with Gasteiger partial charge in [-0.3, -0.25) is 9.10 Å². The number of amides is 1. The number of nitrogens with zero attached hydrogens (tertiary/aromatic N) is 2. The summed E-state index contributed by atoms with van der Waals surface area (Å²) in [6.07, 6.45) is 1.76. The summed E-state index contributed by atoms with van der Waals surface area (Å²) in [4.78, 5) is 13.2. The van der Waals surface area contributed by atoms with Gasteiger partial charge in [-0.15, -0.1) is 11.3 Å². The quantitative estimate of drug-likeness (QED) is 0.593. The Morgan fingerprint density at radius 1 is 1.24 bits per heavy atom. The molecule has 0 spiro atoms. The molecule has 0 bridgehead atoms. The Kier molecular flexibility index (Phi) is 6.33. The molecular formula is C17H21N3O3S2. The minimum atomic E-state index is -3.60. The summed E-state index contributed by atoms with van der Waals surface area (Å²) < 4.78 is 25.5. The van der Waals surface area contributed by atoms with E-state index in [1.807, 2.05) is 36.6 Å². The van der Waals surface area contributed by atoms with Crippen LogP contribution >= 0.6 is 11.3 Å². The molecule has 8 heteroatoms. The lowest BCUT2D eigenvalue weighted by atomic mass is 10.1. The highest BCUT2D eigenvalue weighted by molar-refractivity contribution is 7.92. The van der Waals surface area contributed by atoms with Gasteiger partial charge in [-0.25, -0.2) is 13.8 Å². The van der Waals surface area contributed by atoms with Gasteiger partial charge in [0.2, 0.25) is 10.0 Å². The molecule has 1 aromatic heterocycles. The monoisotopic (exact) mass is 379 g/mol. The molecule has 25 heavy (non-hydrogen) atoms. The van der Waals surface area contributed by atoms with Gasteiger partial charge in [-0.1, -0.05) is 31.2 Å². The van der Waals surface area contributed by atoms with Gasteiger partial charge >= 0.3 is 0 Å². The van der Waals surface area contributed by atoms with E-state index in [1.54, 1.807) is 19.1 Å². The fourth-order valence-corrected chi connectivity index (χ4v) is 3.85. The van der Waals surface area contributed by atoms with Gasteiger partial charge in [0, 0.05) is 4.88 Å². The third-order valence-electron chi connectivity index (χ3n) is 3.55. The van der Waals surface area contributed by atoms with Crippen LogP contribution in [0.4, 0.5) is 5.69 Å². The first-order valence-electron chi connectivity index (χ1n) is 7.75. The third-order valence-corrected chi connectivity index (χ3v) is 5.66. The van der Waals surface area contributed by atoms with Gasteiger partial charge in [0.25, 0.3) is 5.91 Å². The van der Waals surface area contributed by atoms with Crippen molar-refractivity contribution in [3.8, 4) is 0 Å². The second kappa shape index (κ2) is 8.26. The average Bonchev–Trinajstić information content (AvgIpc) is 3.11. The number of para-hydroxylation sites is 1. The van der Waals surface area contributed by atoms with Crippen molar-refractivity contribution in [1.29, 1.82) is 0 Å². The molecule has 1 heterocycles. The smallest absolute Gasteiger partial charge is 0.260 e. The molecule has 0 fully saturated rings. The number of carbonyl (C=O) groups is 1. The normalized spacial score (nSPS) is 12.0. The molecule has 134 valence electrons. The Bertz CT molecular complexity index is 859. The van der Waals surface area contributed by atoms with Gasteiger partial charge in [-0.2, -0.15) is 5.10 Å². The molecule has 0 atom stereocenters. The predicted octanol–water partition coefficient (Wildman–Crippen LogP) is 2.62. The van der Waals surface area contributed by atoms with Gasteiger partial charge in [-0.05, 0) is 36.4 Å². The molecule has 1 aromatic carbocycles. The zero-order valence-electron chi connectivity index (χ0n) is 14.4. The van der Waals surface area contributed by atoms with Crippen LogP contribution in [0, 0.1) is 0 Å². The van der Waals surface area contributed by atoms with Crippen molar-refractivity contribution >= 4 is 38.7 Å². The van der Waals surface area contributed by atoms with Crippen molar-refractivity contribution in [3.05, 3.63) is 52.2 Å². The molecule has 2 aromatic rings. The van der Waals surface area contributed by atoms with E-state index >= 15 is 0 Å². The van der Waals surface area contributed by atoms with E-state index in [-0.39, 0.29) is 6.54 Å². The lowest BCUT2D eigenvalue weighted by molar-refractivity contribution is -0.119. The highest BCUT2D eigenvalue weighted by Gasteiger charge is 2.22. The Morgan fingerprint density at radius 2 is 1.96 bits per heavy atom. The molecule has 0 saturated heterocycles. The standard InChI is InChI=1S/C17H21N3O3S2/c1-4-14-8-5-6-9-15(14)20(25(3,22)23)12-17(21)19-18-13(2)16-10-7-11-24-16/h5-11H,4,12H2,1-3H3,(H,19,21)/b18-13-. The van der Waals surface area contributed by atoms with Crippen molar-refractivity contribution in [3.63, 3.8) is 0 Å².